The third-order valence-corrected chi connectivity index (χ3v) is 5.64. The van der Waals surface area contributed by atoms with E-state index in [2.05, 4.69) is 22.2 Å². The first-order valence-electron chi connectivity index (χ1n) is 9.45. The van der Waals surface area contributed by atoms with Gasteiger partial charge in [0.25, 0.3) is 5.56 Å². The third kappa shape index (κ3) is 5.26. The average Bonchev–Trinajstić information content (AvgIpc) is 2.68. The minimum absolute atomic E-state index is 0.124. The molecule has 0 bridgehead atoms. The topological polar surface area (TPSA) is 67.2 Å². The van der Waals surface area contributed by atoms with E-state index < -0.39 is 5.56 Å². The molecule has 0 saturated carbocycles. The highest BCUT2D eigenvalue weighted by Crippen LogP contribution is 2.26. The van der Waals surface area contributed by atoms with Crippen LogP contribution in [-0.4, -0.2) is 35.3 Å². The highest BCUT2D eigenvalue weighted by Gasteiger charge is 2.21. The van der Waals surface area contributed by atoms with Gasteiger partial charge in [0, 0.05) is 24.7 Å². The van der Waals surface area contributed by atoms with Crippen LogP contribution < -0.4 is 15.8 Å². The van der Waals surface area contributed by atoms with E-state index in [1.807, 2.05) is 24.3 Å². The van der Waals surface area contributed by atoms with Crippen LogP contribution in [0.15, 0.2) is 35.3 Å². The maximum Gasteiger partial charge on any atom is 0.288 e. The van der Waals surface area contributed by atoms with Crippen molar-refractivity contribution in [3.8, 4) is 0 Å². The molecule has 0 unspecified atom stereocenters. The molecule has 1 amide bonds. The SMILES string of the molecule is CC1CCN(c2cnn(CC(=O)NCCc3ccc(Cl)cc3)c(=O)c2Cl)CC1. The number of piperidine rings is 1. The smallest absolute Gasteiger partial charge is 0.288 e. The first-order valence-corrected chi connectivity index (χ1v) is 10.2. The number of anilines is 1. The lowest BCUT2D eigenvalue weighted by Crippen LogP contribution is -2.37. The van der Waals surface area contributed by atoms with Crippen molar-refractivity contribution < 1.29 is 4.79 Å². The number of hydrogen-bond acceptors (Lipinski definition) is 4. The van der Waals surface area contributed by atoms with E-state index in [0.29, 0.717) is 29.6 Å². The maximum atomic E-state index is 12.5. The molecule has 0 spiro atoms. The Morgan fingerprint density at radius 3 is 2.57 bits per heavy atom. The Hall–Kier alpha value is -2.05. The van der Waals surface area contributed by atoms with E-state index in [0.717, 1.165) is 36.2 Å². The summed E-state index contributed by atoms with van der Waals surface area (Å²) in [6.07, 6.45) is 4.39. The molecule has 2 aromatic rings. The van der Waals surface area contributed by atoms with Crippen molar-refractivity contribution in [1.82, 2.24) is 15.1 Å². The van der Waals surface area contributed by atoms with Crippen molar-refractivity contribution in [2.75, 3.05) is 24.5 Å². The van der Waals surface area contributed by atoms with Gasteiger partial charge in [0.05, 0.1) is 11.9 Å². The van der Waals surface area contributed by atoms with Gasteiger partial charge < -0.3 is 10.2 Å². The molecule has 1 aliphatic rings. The van der Waals surface area contributed by atoms with Gasteiger partial charge in [-0.15, -0.1) is 0 Å². The fourth-order valence-corrected chi connectivity index (χ4v) is 3.62. The Labute approximate surface area is 174 Å². The summed E-state index contributed by atoms with van der Waals surface area (Å²) in [5.41, 5.74) is 1.28. The largest absolute Gasteiger partial charge is 0.369 e. The summed E-state index contributed by atoms with van der Waals surface area (Å²) in [6.45, 7) is 4.25. The summed E-state index contributed by atoms with van der Waals surface area (Å²) in [7, 11) is 0. The summed E-state index contributed by atoms with van der Waals surface area (Å²) >= 11 is 12.1. The Bertz CT molecular complexity index is 875. The Balaban J connectivity index is 1.56. The number of amides is 1. The number of halogens is 2. The van der Waals surface area contributed by atoms with E-state index >= 15 is 0 Å². The third-order valence-electron chi connectivity index (χ3n) is 5.03. The zero-order valence-electron chi connectivity index (χ0n) is 15.8. The van der Waals surface area contributed by atoms with Crippen LogP contribution in [0.2, 0.25) is 10.0 Å². The second-order valence-electron chi connectivity index (χ2n) is 7.20. The molecule has 0 atom stereocenters. The molecular formula is C20H24Cl2N4O2. The molecule has 1 aromatic carbocycles. The molecule has 1 N–H and O–H groups in total. The Morgan fingerprint density at radius 2 is 1.89 bits per heavy atom. The van der Waals surface area contributed by atoms with Gasteiger partial charge in [-0.1, -0.05) is 42.3 Å². The number of hydrogen-bond donors (Lipinski definition) is 1. The molecule has 0 aliphatic carbocycles. The summed E-state index contributed by atoms with van der Waals surface area (Å²) in [5, 5.41) is 7.75. The van der Waals surface area contributed by atoms with Gasteiger partial charge in [-0.3, -0.25) is 9.59 Å². The van der Waals surface area contributed by atoms with Crippen molar-refractivity contribution in [2.45, 2.75) is 32.7 Å². The van der Waals surface area contributed by atoms with Crippen molar-refractivity contribution in [2.24, 2.45) is 5.92 Å². The molecular weight excluding hydrogens is 399 g/mol. The first kappa shape index (κ1) is 20.7. The standard InChI is InChI=1S/C20H24Cl2N4O2/c1-14-7-10-25(11-8-14)17-12-24-26(20(28)19(17)22)13-18(27)23-9-6-15-2-4-16(21)5-3-15/h2-5,12,14H,6-11,13H2,1H3,(H,23,27). The van der Waals surface area contributed by atoms with Gasteiger partial charge >= 0.3 is 0 Å². The van der Waals surface area contributed by atoms with Crippen LogP contribution in [-0.2, 0) is 17.8 Å². The lowest BCUT2D eigenvalue weighted by Gasteiger charge is -2.32. The fraction of sp³-hybridized carbons (Fsp3) is 0.450. The van der Waals surface area contributed by atoms with Crippen LogP contribution in [0.5, 0.6) is 0 Å². The summed E-state index contributed by atoms with van der Waals surface area (Å²) in [4.78, 5) is 26.8. The predicted molar refractivity (Wildman–Crippen MR) is 112 cm³/mol. The Kier molecular flexibility index (Phi) is 6.97. The first-order chi connectivity index (χ1) is 13.4. The molecule has 3 rings (SSSR count). The van der Waals surface area contributed by atoms with Crippen LogP contribution in [0.1, 0.15) is 25.3 Å². The lowest BCUT2D eigenvalue weighted by atomic mass is 9.99. The van der Waals surface area contributed by atoms with E-state index in [9.17, 15) is 9.59 Å². The molecule has 8 heteroatoms. The number of nitrogens with zero attached hydrogens (tertiary/aromatic N) is 3. The predicted octanol–water partition coefficient (Wildman–Crippen LogP) is 3.15. The van der Waals surface area contributed by atoms with E-state index in [1.54, 1.807) is 6.20 Å². The van der Waals surface area contributed by atoms with Gasteiger partial charge in [0.15, 0.2) is 0 Å². The number of nitrogens with one attached hydrogen (secondary N) is 1. The molecule has 28 heavy (non-hydrogen) atoms. The van der Waals surface area contributed by atoms with Gasteiger partial charge in [-0.2, -0.15) is 5.10 Å². The van der Waals surface area contributed by atoms with Crippen molar-refractivity contribution in [3.05, 3.63) is 56.4 Å². The minimum atomic E-state index is -0.439. The van der Waals surface area contributed by atoms with Crippen LogP contribution in [0.4, 0.5) is 5.69 Å². The highest BCUT2D eigenvalue weighted by molar-refractivity contribution is 6.33. The van der Waals surface area contributed by atoms with Crippen LogP contribution in [0.3, 0.4) is 0 Å². The van der Waals surface area contributed by atoms with Gasteiger partial charge in [0.2, 0.25) is 5.91 Å². The molecule has 2 heterocycles. The number of rotatable bonds is 6. The zero-order valence-corrected chi connectivity index (χ0v) is 17.3. The van der Waals surface area contributed by atoms with Crippen molar-refractivity contribution >= 4 is 34.8 Å². The Morgan fingerprint density at radius 1 is 1.21 bits per heavy atom. The zero-order chi connectivity index (χ0) is 20.1. The number of carbonyl (C=O) groups excluding carboxylic acids is 1. The second kappa shape index (κ2) is 9.43. The number of aromatic nitrogens is 2. The molecule has 150 valence electrons. The van der Waals surface area contributed by atoms with E-state index in [-0.39, 0.29) is 17.5 Å². The summed E-state index contributed by atoms with van der Waals surface area (Å²) < 4.78 is 1.11. The lowest BCUT2D eigenvalue weighted by molar-refractivity contribution is -0.121. The quantitative estimate of drug-likeness (QED) is 0.775. The van der Waals surface area contributed by atoms with Crippen LogP contribution in [0.25, 0.3) is 0 Å². The summed E-state index contributed by atoms with van der Waals surface area (Å²) in [6, 6.07) is 7.46. The maximum absolute atomic E-state index is 12.5. The molecule has 1 fully saturated rings. The van der Waals surface area contributed by atoms with Crippen LogP contribution >= 0.6 is 23.2 Å². The molecule has 1 saturated heterocycles. The van der Waals surface area contributed by atoms with Gasteiger partial charge in [-0.05, 0) is 42.9 Å². The normalized spacial score (nSPS) is 14.9. The minimum Gasteiger partial charge on any atom is -0.369 e. The van der Waals surface area contributed by atoms with Crippen molar-refractivity contribution in [3.63, 3.8) is 0 Å². The van der Waals surface area contributed by atoms with E-state index in [4.69, 9.17) is 23.2 Å². The number of benzene rings is 1. The molecule has 1 aromatic heterocycles. The summed E-state index contributed by atoms with van der Waals surface area (Å²) in [5.74, 6) is 0.402. The average molecular weight is 423 g/mol. The molecule has 1 aliphatic heterocycles. The monoisotopic (exact) mass is 422 g/mol. The second-order valence-corrected chi connectivity index (χ2v) is 8.02. The molecule has 6 nitrogen and oxygen atoms in total. The van der Waals surface area contributed by atoms with Gasteiger partial charge in [0.1, 0.15) is 11.6 Å². The van der Waals surface area contributed by atoms with E-state index in [1.165, 1.54) is 0 Å². The fourth-order valence-electron chi connectivity index (χ4n) is 3.23. The van der Waals surface area contributed by atoms with Crippen LogP contribution in [0, 0.1) is 5.92 Å². The number of carbonyl (C=O) groups is 1. The molecule has 0 radical (unpaired) electrons. The van der Waals surface area contributed by atoms with Gasteiger partial charge in [-0.25, -0.2) is 4.68 Å². The highest BCUT2D eigenvalue weighted by atomic mass is 35.5. The van der Waals surface area contributed by atoms with Crippen molar-refractivity contribution in [1.29, 1.82) is 0 Å².